The summed E-state index contributed by atoms with van der Waals surface area (Å²) >= 11 is 0. The molecule has 2 aromatic carbocycles. The highest BCUT2D eigenvalue weighted by Gasteiger charge is 2.48. The molecule has 3 heterocycles. The Morgan fingerprint density at radius 3 is 2.59 bits per heavy atom. The molecule has 2 bridgehead atoms. The van der Waals surface area contributed by atoms with Gasteiger partial charge in [-0.3, -0.25) is 9.69 Å². The van der Waals surface area contributed by atoms with Gasteiger partial charge in [0.05, 0.1) is 12.1 Å². The predicted molar refractivity (Wildman–Crippen MR) is 104 cm³/mol. The zero-order valence-corrected chi connectivity index (χ0v) is 15.3. The molecule has 0 aliphatic carbocycles. The van der Waals surface area contributed by atoms with Crippen molar-refractivity contribution < 1.29 is 4.79 Å². The Morgan fingerprint density at radius 1 is 1.07 bits per heavy atom. The summed E-state index contributed by atoms with van der Waals surface area (Å²) in [5.74, 6) is -0.454. The molecule has 0 radical (unpaired) electrons. The molecular weight excluding hydrogens is 334 g/mol. The molecule has 0 saturated carbocycles. The first-order valence-corrected chi connectivity index (χ1v) is 9.47. The molecule has 4 heteroatoms. The Labute approximate surface area is 158 Å². The first kappa shape index (κ1) is 16.3. The quantitative estimate of drug-likeness (QED) is 0.703. The van der Waals surface area contributed by atoms with Crippen LogP contribution in [0.1, 0.15) is 29.3 Å². The van der Waals surface area contributed by atoms with Crippen LogP contribution in [0, 0.1) is 17.2 Å². The summed E-state index contributed by atoms with van der Waals surface area (Å²) in [7, 11) is 2.10. The molecule has 0 N–H and O–H groups in total. The van der Waals surface area contributed by atoms with Crippen LogP contribution in [0.15, 0.2) is 54.6 Å². The molecule has 1 aromatic heterocycles. The number of carbonyl (C=O) groups is 1. The summed E-state index contributed by atoms with van der Waals surface area (Å²) in [5.41, 5.74) is 4.99. The van der Waals surface area contributed by atoms with E-state index < -0.39 is 5.92 Å². The minimum absolute atomic E-state index is 0.0356. The summed E-state index contributed by atoms with van der Waals surface area (Å²) in [4.78, 5) is 15.1. The van der Waals surface area contributed by atoms with Gasteiger partial charge < -0.3 is 4.57 Å². The van der Waals surface area contributed by atoms with E-state index in [0.717, 1.165) is 13.0 Å². The van der Waals surface area contributed by atoms with Gasteiger partial charge in [-0.05, 0) is 23.6 Å². The van der Waals surface area contributed by atoms with E-state index >= 15 is 0 Å². The van der Waals surface area contributed by atoms with E-state index in [9.17, 15) is 10.1 Å². The van der Waals surface area contributed by atoms with Crippen molar-refractivity contribution in [3.05, 3.63) is 71.4 Å². The lowest BCUT2D eigenvalue weighted by atomic mass is 9.76. The number of rotatable bonds is 2. The first-order chi connectivity index (χ1) is 13.2. The van der Waals surface area contributed by atoms with Crippen molar-refractivity contribution in [3.8, 4) is 6.07 Å². The normalized spacial score (nSPS) is 24.6. The molecule has 3 aromatic rings. The SMILES string of the molecule is Cn1c2c(c3ccccc31)C[C@H]1C(C#N)C(=O)C[C@@H]2N1Cc1ccccc1. The minimum atomic E-state index is -0.544. The van der Waals surface area contributed by atoms with Gasteiger partial charge in [-0.15, -0.1) is 0 Å². The van der Waals surface area contributed by atoms with Gasteiger partial charge in [0.2, 0.25) is 0 Å². The van der Waals surface area contributed by atoms with Crippen molar-refractivity contribution in [2.75, 3.05) is 0 Å². The number of aryl methyl sites for hydroxylation is 1. The molecule has 2 aliphatic heterocycles. The second-order valence-electron chi connectivity index (χ2n) is 7.66. The number of piperidine rings is 1. The van der Waals surface area contributed by atoms with E-state index in [1.807, 2.05) is 18.2 Å². The third-order valence-corrected chi connectivity index (χ3v) is 6.29. The summed E-state index contributed by atoms with van der Waals surface area (Å²) in [5, 5.41) is 11.0. The molecule has 1 unspecified atom stereocenters. The number of hydrogen-bond acceptors (Lipinski definition) is 3. The number of Topliss-reactive ketones (excluding diaryl/α,β-unsaturated/α-hetero) is 1. The number of fused-ring (bicyclic) bond motifs is 6. The maximum Gasteiger partial charge on any atom is 0.153 e. The number of benzene rings is 2. The molecule has 0 amide bonds. The van der Waals surface area contributed by atoms with E-state index in [1.165, 1.54) is 27.7 Å². The first-order valence-electron chi connectivity index (χ1n) is 9.47. The lowest BCUT2D eigenvalue weighted by Gasteiger charge is -2.47. The maximum atomic E-state index is 12.7. The average Bonchev–Trinajstić information content (AvgIpc) is 2.97. The molecule has 134 valence electrons. The number of aromatic nitrogens is 1. The van der Waals surface area contributed by atoms with Crippen molar-refractivity contribution in [3.63, 3.8) is 0 Å². The van der Waals surface area contributed by atoms with Crippen LogP contribution in [-0.4, -0.2) is 21.3 Å². The maximum absolute atomic E-state index is 12.7. The fraction of sp³-hybridized carbons (Fsp3) is 0.304. The number of hydrogen-bond donors (Lipinski definition) is 0. The Kier molecular flexibility index (Phi) is 3.66. The van der Waals surface area contributed by atoms with Crippen molar-refractivity contribution in [2.24, 2.45) is 13.0 Å². The van der Waals surface area contributed by atoms with Gasteiger partial charge in [-0.2, -0.15) is 5.26 Å². The summed E-state index contributed by atoms with van der Waals surface area (Å²) in [6.45, 7) is 0.766. The highest BCUT2D eigenvalue weighted by atomic mass is 16.1. The molecule has 1 fully saturated rings. The van der Waals surface area contributed by atoms with E-state index in [-0.39, 0.29) is 17.9 Å². The Hall–Kier alpha value is -2.90. The third kappa shape index (κ3) is 2.35. The van der Waals surface area contributed by atoms with Gasteiger partial charge in [0.15, 0.2) is 5.78 Å². The lowest BCUT2D eigenvalue weighted by Crippen LogP contribution is -2.54. The Bertz CT molecular complexity index is 1080. The number of para-hydroxylation sites is 1. The van der Waals surface area contributed by atoms with Crippen LogP contribution in [-0.2, 0) is 24.8 Å². The number of nitrogens with zero attached hydrogens (tertiary/aromatic N) is 3. The standard InChI is InChI=1S/C23H21N3O/c1-25-19-10-6-5-9-16(19)17-11-20-18(13-24)22(27)12-21(23(17)25)26(20)14-15-7-3-2-4-8-15/h2-10,18,20-21H,11-12,14H2,1H3/t18?,20-,21-/m0/s1. The predicted octanol–water partition coefficient (Wildman–Crippen LogP) is 3.76. The van der Waals surface area contributed by atoms with Gasteiger partial charge in [0.1, 0.15) is 5.92 Å². The van der Waals surface area contributed by atoms with Crippen LogP contribution < -0.4 is 0 Å². The molecule has 1 saturated heterocycles. The van der Waals surface area contributed by atoms with Gasteiger partial charge in [0, 0.05) is 42.7 Å². The lowest BCUT2D eigenvalue weighted by molar-refractivity contribution is -0.130. The van der Waals surface area contributed by atoms with E-state index in [0.29, 0.717) is 6.42 Å². The molecule has 2 aliphatic rings. The molecular formula is C23H21N3O. The smallest absolute Gasteiger partial charge is 0.153 e. The largest absolute Gasteiger partial charge is 0.346 e. The molecule has 4 nitrogen and oxygen atoms in total. The third-order valence-electron chi connectivity index (χ3n) is 6.29. The van der Waals surface area contributed by atoms with Crippen molar-refractivity contribution >= 4 is 16.7 Å². The average molecular weight is 355 g/mol. The van der Waals surface area contributed by atoms with Crippen molar-refractivity contribution in [1.29, 1.82) is 5.26 Å². The zero-order chi connectivity index (χ0) is 18.5. The number of carbonyl (C=O) groups excluding carboxylic acids is 1. The fourth-order valence-corrected chi connectivity index (χ4v) is 5.08. The van der Waals surface area contributed by atoms with Crippen LogP contribution in [0.5, 0.6) is 0 Å². The van der Waals surface area contributed by atoms with Crippen molar-refractivity contribution in [1.82, 2.24) is 9.47 Å². The molecule has 0 spiro atoms. The topological polar surface area (TPSA) is 49.0 Å². The second kappa shape index (κ2) is 6.07. The van der Waals surface area contributed by atoms with Crippen LogP contribution >= 0.6 is 0 Å². The molecule has 3 atom stereocenters. The van der Waals surface area contributed by atoms with Crippen LogP contribution in [0.3, 0.4) is 0 Å². The highest BCUT2D eigenvalue weighted by molar-refractivity contribution is 5.90. The number of nitriles is 1. The highest BCUT2D eigenvalue weighted by Crippen LogP contribution is 2.46. The van der Waals surface area contributed by atoms with Gasteiger partial charge >= 0.3 is 0 Å². The van der Waals surface area contributed by atoms with Crippen LogP contribution in [0.25, 0.3) is 10.9 Å². The van der Waals surface area contributed by atoms with Crippen LogP contribution in [0.2, 0.25) is 0 Å². The monoisotopic (exact) mass is 355 g/mol. The van der Waals surface area contributed by atoms with Gasteiger partial charge in [-0.1, -0.05) is 48.5 Å². The summed E-state index contributed by atoms with van der Waals surface area (Å²) < 4.78 is 2.25. The Morgan fingerprint density at radius 2 is 1.81 bits per heavy atom. The van der Waals surface area contributed by atoms with Crippen LogP contribution in [0.4, 0.5) is 0 Å². The summed E-state index contributed by atoms with van der Waals surface area (Å²) in [6, 6.07) is 21.1. The van der Waals surface area contributed by atoms with Crippen molar-refractivity contribution in [2.45, 2.75) is 31.5 Å². The van der Waals surface area contributed by atoms with E-state index in [2.05, 4.69) is 59.0 Å². The van der Waals surface area contributed by atoms with Gasteiger partial charge in [-0.25, -0.2) is 0 Å². The second-order valence-corrected chi connectivity index (χ2v) is 7.66. The zero-order valence-electron chi connectivity index (χ0n) is 15.3. The summed E-state index contributed by atoms with van der Waals surface area (Å²) in [6.07, 6.45) is 1.17. The van der Waals surface area contributed by atoms with E-state index in [1.54, 1.807) is 0 Å². The van der Waals surface area contributed by atoms with Gasteiger partial charge in [0.25, 0.3) is 0 Å². The fourth-order valence-electron chi connectivity index (χ4n) is 5.08. The Balaban J connectivity index is 1.68. The molecule has 27 heavy (non-hydrogen) atoms. The van der Waals surface area contributed by atoms with E-state index in [4.69, 9.17) is 0 Å². The molecule has 5 rings (SSSR count). The number of ketones is 1. The minimum Gasteiger partial charge on any atom is -0.346 e.